The summed E-state index contributed by atoms with van der Waals surface area (Å²) in [6.07, 6.45) is 2.80. The summed E-state index contributed by atoms with van der Waals surface area (Å²) in [5.74, 6) is -0.169. The first kappa shape index (κ1) is 19.8. The molecule has 6 nitrogen and oxygen atoms in total. The molecule has 26 heavy (non-hydrogen) atoms. The molecule has 142 valence electrons. The number of carbonyl (C=O) groups excluding carboxylic acids is 2. The predicted octanol–water partition coefficient (Wildman–Crippen LogP) is 1.53. The van der Waals surface area contributed by atoms with Crippen LogP contribution in [-0.4, -0.2) is 79.9 Å². The van der Waals surface area contributed by atoms with Crippen molar-refractivity contribution in [3.63, 3.8) is 0 Å². The maximum Gasteiger partial charge on any atom is 0.387 e. The molecule has 0 spiro atoms. The Kier molecular flexibility index (Phi) is 7.08. The summed E-state index contributed by atoms with van der Waals surface area (Å²) < 4.78 is 29.3. The second-order valence-electron chi connectivity index (χ2n) is 6.19. The molecule has 0 radical (unpaired) electrons. The van der Waals surface area contributed by atoms with Crippen LogP contribution in [0.2, 0.25) is 0 Å². The number of halogens is 2. The van der Waals surface area contributed by atoms with Gasteiger partial charge in [0.2, 0.25) is 11.8 Å². The molecule has 1 aliphatic heterocycles. The minimum absolute atomic E-state index is 0.0191. The molecule has 1 heterocycles. The van der Waals surface area contributed by atoms with E-state index in [1.165, 1.54) is 18.2 Å². The van der Waals surface area contributed by atoms with Crippen LogP contribution >= 0.6 is 0 Å². The standard InChI is InChI=1S/C18H23F2N3O3/c1-21(2)13-17(25)23-11-9-22(10-12-23)16(24)8-7-14-5-3-4-6-15(14)26-18(19)20/h3-8,18H,9-13H2,1-2H3/b8-7+. The summed E-state index contributed by atoms with van der Waals surface area (Å²) in [5.41, 5.74) is 0.404. The fraction of sp³-hybridized carbons (Fsp3) is 0.444. The topological polar surface area (TPSA) is 53.1 Å². The van der Waals surface area contributed by atoms with E-state index >= 15 is 0 Å². The molecule has 1 saturated heterocycles. The zero-order chi connectivity index (χ0) is 19.1. The average Bonchev–Trinajstić information content (AvgIpc) is 2.60. The molecule has 0 aromatic heterocycles. The predicted molar refractivity (Wildman–Crippen MR) is 93.8 cm³/mol. The lowest BCUT2D eigenvalue weighted by Crippen LogP contribution is -2.51. The Balaban J connectivity index is 1.91. The molecule has 0 unspecified atom stereocenters. The molecular formula is C18H23F2N3O3. The van der Waals surface area contributed by atoms with Gasteiger partial charge < -0.3 is 19.4 Å². The number of nitrogens with zero attached hydrogens (tertiary/aromatic N) is 3. The number of likely N-dealkylation sites (N-methyl/N-ethyl adjacent to an activating group) is 1. The van der Waals surface area contributed by atoms with Crippen molar-refractivity contribution < 1.29 is 23.1 Å². The van der Waals surface area contributed by atoms with E-state index in [-0.39, 0.29) is 17.6 Å². The molecule has 8 heteroatoms. The third kappa shape index (κ3) is 5.80. The van der Waals surface area contributed by atoms with Crippen molar-refractivity contribution in [2.24, 2.45) is 0 Å². The summed E-state index contributed by atoms with van der Waals surface area (Å²) in [5, 5.41) is 0. The first-order valence-corrected chi connectivity index (χ1v) is 8.30. The first-order chi connectivity index (χ1) is 12.4. The van der Waals surface area contributed by atoms with E-state index in [4.69, 9.17) is 0 Å². The fourth-order valence-corrected chi connectivity index (χ4v) is 2.63. The molecule has 1 aromatic rings. The number of rotatable bonds is 6. The van der Waals surface area contributed by atoms with E-state index in [1.807, 2.05) is 19.0 Å². The van der Waals surface area contributed by atoms with Crippen LogP contribution in [0.15, 0.2) is 30.3 Å². The Bertz CT molecular complexity index is 657. The second-order valence-corrected chi connectivity index (χ2v) is 6.19. The minimum atomic E-state index is -2.92. The van der Waals surface area contributed by atoms with Crippen LogP contribution in [0.3, 0.4) is 0 Å². The Morgan fingerprint density at radius 3 is 2.38 bits per heavy atom. The lowest BCUT2D eigenvalue weighted by atomic mass is 10.2. The van der Waals surface area contributed by atoms with E-state index in [1.54, 1.807) is 28.0 Å². The highest BCUT2D eigenvalue weighted by molar-refractivity contribution is 5.92. The van der Waals surface area contributed by atoms with Crippen LogP contribution in [0.25, 0.3) is 6.08 Å². The van der Waals surface area contributed by atoms with Crippen molar-refractivity contribution in [3.8, 4) is 5.75 Å². The summed E-state index contributed by atoms with van der Waals surface area (Å²) in [6.45, 7) is -0.730. The van der Waals surface area contributed by atoms with Gasteiger partial charge in [0.05, 0.1) is 6.54 Å². The van der Waals surface area contributed by atoms with Gasteiger partial charge in [0.15, 0.2) is 0 Å². The van der Waals surface area contributed by atoms with Crippen LogP contribution in [0, 0.1) is 0 Å². The van der Waals surface area contributed by atoms with Crippen molar-refractivity contribution >= 4 is 17.9 Å². The third-order valence-corrected chi connectivity index (χ3v) is 3.94. The maximum atomic E-state index is 12.4. The highest BCUT2D eigenvalue weighted by Crippen LogP contribution is 2.21. The summed E-state index contributed by atoms with van der Waals surface area (Å²) in [6, 6.07) is 6.28. The monoisotopic (exact) mass is 367 g/mol. The number of para-hydroxylation sites is 1. The number of piperazine rings is 1. The molecule has 1 fully saturated rings. The number of carbonyl (C=O) groups is 2. The zero-order valence-corrected chi connectivity index (χ0v) is 14.9. The van der Waals surface area contributed by atoms with Crippen molar-refractivity contribution in [3.05, 3.63) is 35.9 Å². The summed E-state index contributed by atoms with van der Waals surface area (Å²) >= 11 is 0. The van der Waals surface area contributed by atoms with Crippen LogP contribution in [0.5, 0.6) is 5.75 Å². The van der Waals surface area contributed by atoms with Crippen molar-refractivity contribution in [2.75, 3.05) is 46.8 Å². The van der Waals surface area contributed by atoms with Gasteiger partial charge in [-0.25, -0.2) is 0 Å². The fourth-order valence-electron chi connectivity index (χ4n) is 2.63. The number of ether oxygens (including phenoxy) is 1. The Labute approximate surface area is 151 Å². The lowest BCUT2D eigenvalue weighted by molar-refractivity contribution is -0.137. The SMILES string of the molecule is CN(C)CC(=O)N1CCN(C(=O)/C=C/c2ccccc2OC(F)F)CC1. The van der Waals surface area contributed by atoms with Gasteiger partial charge in [0.25, 0.3) is 0 Å². The number of hydrogen-bond acceptors (Lipinski definition) is 4. The number of benzene rings is 1. The van der Waals surface area contributed by atoms with E-state index in [9.17, 15) is 18.4 Å². The van der Waals surface area contributed by atoms with E-state index < -0.39 is 6.61 Å². The van der Waals surface area contributed by atoms with Gasteiger partial charge in [-0.3, -0.25) is 9.59 Å². The van der Waals surface area contributed by atoms with E-state index in [0.29, 0.717) is 38.3 Å². The van der Waals surface area contributed by atoms with Crippen LogP contribution < -0.4 is 4.74 Å². The third-order valence-electron chi connectivity index (χ3n) is 3.94. The van der Waals surface area contributed by atoms with Gasteiger partial charge in [0.1, 0.15) is 5.75 Å². The average molecular weight is 367 g/mol. The number of hydrogen-bond donors (Lipinski definition) is 0. The molecule has 0 bridgehead atoms. The van der Waals surface area contributed by atoms with Gasteiger partial charge in [-0.2, -0.15) is 8.78 Å². The Morgan fingerprint density at radius 2 is 1.77 bits per heavy atom. The lowest BCUT2D eigenvalue weighted by Gasteiger charge is -2.34. The highest BCUT2D eigenvalue weighted by atomic mass is 19.3. The molecule has 1 aliphatic rings. The van der Waals surface area contributed by atoms with Gasteiger partial charge in [-0.1, -0.05) is 18.2 Å². The van der Waals surface area contributed by atoms with Crippen molar-refractivity contribution in [1.82, 2.24) is 14.7 Å². The van der Waals surface area contributed by atoms with Crippen LogP contribution in [0.1, 0.15) is 5.56 Å². The zero-order valence-electron chi connectivity index (χ0n) is 14.9. The Hall–Kier alpha value is -2.48. The van der Waals surface area contributed by atoms with Crippen molar-refractivity contribution in [1.29, 1.82) is 0 Å². The molecule has 2 rings (SSSR count). The first-order valence-electron chi connectivity index (χ1n) is 8.30. The molecule has 0 atom stereocenters. The molecule has 1 aromatic carbocycles. The normalized spacial score (nSPS) is 15.2. The van der Waals surface area contributed by atoms with Crippen molar-refractivity contribution in [2.45, 2.75) is 6.61 Å². The summed E-state index contributed by atoms with van der Waals surface area (Å²) in [7, 11) is 3.66. The largest absolute Gasteiger partial charge is 0.434 e. The maximum absolute atomic E-state index is 12.4. The van der Waals surface area contributed by atoms with Gasteiger partial charge in [-0.05, 0) is 26.2 Å². The summed E-state index contributed by atoms with van der Waals surface area (Å²) in [4.78, 5) is 29.5. The smallest absolute Gasteiger partial charge is 0.387 e. The number of amides is 2. The number of alkyl halides is 2. The van der Waals surface area contributed by atoms with Crippen LogP contribution in [0.4, 0.5) is 8.78 Å². The molecule has 0 saturated carbocycles. The molecule has 2 amide bonds. The van der Waals surface area contributed by atoms with Gasteiger partial charge in [-0.15, -0.1) is 0 Å². The Morgan fingerprint density at radius 1 is 1.15 bits per heavy atom. The quantitative estimate of drug-likeness (QED) is 0.716. The molecule has 0 N–H and O–H groups in total. The molecular weight excluding hydrogens is 344 g/mol. The van der Waals surface area contributed by atoms with E-state index in [2.05, 4.69) is 4.74 Å². The molecule has 0 aliphatic carbocycles. The van der Waals surface area contributed by atoms with Crippen LogP contribution in [-0.2, 0) is 9.59 Å². The van der Waals surface area contributed by atoms with Gasteiger partial charge >= 0.3 is 6.61 Å². The highest BCUT2D eigenvalue weighted by Gasteiger charge is 2.23. The minimum Gasteiger partial charge on any atom is -0.434 e. The van der Waals surface area contributed by atoms with Gasteiger partial charge in [0, 0.05) is 37.8 Å². The second kappa shape index (κ2) is 9.28. The van der Waals surface area contributed by atoms with E-state index in [0.717, 1.165) is 0 Å².